The minimum Gasteiger partial charge on any atom is -0.487 e. The van der Waals surface area contributed by atoms with Gasteiger partial charge in [0, 0.05) is 19.2 Å². The maximum Gasteiger partial charge on any atom is 0.195 e. The molecule has 0 aliphatic carbocycles. The van der Waals surface area contributed by atoms with E-state index in [0.717, 1.165) is 35.5 Å². The van der Waals surface area contributed by atoms with E-state index in [1.54, 1.807) is 7.11 Å². The molecule has 0 amide bonds. The van der Waals surface area contributed by atoms with E-state index in [1.165, 1.54) is 0 Å². The highest BCUT2D eigenvalue weighted by Crippen LogP contribution is 2.38. The molecule has 0 spiro atoms. The van der Waals surface area contributed by atoms with Gasteiger partial charge in [0.15, 0.2) is 5.78 Å². The third-order valence-electron chi connectivity index (χ3n) is 3.89. The number of benzene rings is 1. The third kappa shape index (κ3) is 2.00. The van der Waals surface area contributed by atoms with Crippen LogP contribution in [0.25, 0.3) is 5.57 Å². The van der Waals surface area contributed by atoms with Gasteiger partial charge in [-0.3, -0.25) is 4.79 Å². The fourth-order valence-corrected chi connectivity index (χ4v) is 2.93. The van der Waals surface area contributed by atoms with Gasteiger partial charge >= 0.3 is 0 Å². The van der Waals surface area contributed by atoms with Crippen molar-refractivity contribution >= 4 is 11.4 Å². The molecule has 3 rings (SSSR count). The van der Waals surface area contributed by atoms with Crippen LogP contribution in [0.15, 0.2) is 30.0 Å². The van der Waals surface area contributed by atoms with E-state index in [9.17, 15) is 4.79 Å². The topological polar surface area (TPSA) is 38.8 Å². The second kappa shape index (κ2) is 5.29. The number of Topliss-reactive ketones (excluding diaryl/α,β-unsaturated/α-hetero) is 1. The second-order valence-corrected chi connectivity index (χ2v) is 5.14. The fourth-order valence-electron chi connectivity index (χ4n) is 2.93. The van der Waals surface area contributed by atoms with Crippen LogP contribution in [0.3, 0.4) is 0 Å². The summed E-state index contributed by atoms with van der Waals surface area (Å²) >= 11 is 0. The number of para-hydroxylation sites is 1. The molecule has 1 unspecified atom stereocenters. The van der Waals surface area contributed by atoms with E-state index >= 15 is 0 Å². The molecule has 20 heavy (non-hydrogen) atoms. The van der Waals surface area contributed by atoms with Crippen molar-refractivity contribution in [1.82, 2.24) is 4.90 Å². The van der Waals surface area contributed by atoms with Gasteiger partial charge in [-0.1, -0.05) is 25.1 Å². The smallest absolute Gasteiger partial charge is 0.195 e. The van der Waals surface area contributed by atoms with E-state index in [2.05, 4.69) is 11.8 Å². The Balaban J connectivity index is 2.11. The van der Waals surface area contributed by atoms with Crippen molar-refractivity contribution in [3.8, 4) is 5.75 Å². The number of nitrogens with zero attached hydrogens (tertiary/aromatic N) is 1. The summed E-state index contributed by atoms with van der Waals surface area (Å²) in [4.78, 5) is 14.9. The number of carbonyl (C=O) groups excluding carboxylic acids is 1. The van der Waals surface area contributed by atoms with Gasteiger partial charge in [-0.05, 0) is 12.5 Å². The third-order valence-corrected chi connectivity index (χ3v) is 3.89. The minimum absolute atomic E-state index is 0.0746. The zero-order valence-electron chi connectivity index (χ0n) is 11.9. The number of hydrogen-bond donors (Lipinski definition) is 0. The van der Waals surface area contributed by atoms with Gasteiger partial charge in [0.1, 0.15) is 18.5 Å². The number of rotatable bonds is 3. The molecule has 0 aromatic heterocycles. The van der Waals surface area contributed by atoms with Crippen molar-refractivity contribution in [2.24, 2.45) is 0 Å². The molecule has 4 heteroatoms. The number of hydrogen-bond acceptors (Lipinski definition) is 4. The molecule has 106 valence electrons. The van der Waals surface area contributed by atoms with Gasteiger partial charge in [-0.2, -0.15) is 0 Å². The summed E-state index contributed by atoms with van der Waals surface area (Å²) in [5.41, 5.74) is 2.67. The Hall–Kier alpha value is -1.81. The first-order valence-corrected chi connectivity index (χ1v) is 7.03. The Morgan fingerprint density at radius 1 is 1.40 bits per heavy atom. The van der Waals surface area contributed by atoms with Crippen molar-refractivity contribution in [2.75, 3.05) is 26.8 Å². The zero-order valence-corrected chi connectivity index (χ0v) is 11.9. The molecule has 2 aliphatic heterocycles. The molecular formula is C16H19NO3. The average Bonchev–Trinajstić information content (AvgIpc) is 2.49. The number of ketones is 1. The molecule has 2 heterocycles. The Bertz CT molecular complexity index is 565. The predicted octanol–water partition coefficient (Wildman–Crippen LogP) is 2.10. The van der Waals surface area contributed by atoms with Crippen LogP contribution in [-0.2, 0) is 9.53 Å². The van der Waals surface area contributed by atoms with E-state index in [4.69, 9.17) is 9.47 Å². The van der Waals surface area contributed by atoms with E-state index in [1.807, 2.05) is 24.3 Å². The van der Waals surface area contributed by atoms with E-state index in [0.29, 0.717) is 13.2 Å². The molecule has 1 aromatic rings. The summed E-state index contributed by atoms with van der Waals surface area (Å²) in [7, 11) is 1.60. The van der Waals surface area contributed by atoms with Gasteiger partial charge in [0.2, 0.25) is 0 Å². The molecule has 1 atom stereocenters. The highest BCUT2D eigenvalue weighted by atomic mass is 16.5. The summed E-state index contributed by atoms with van der Waals surface area (Å²) in [5.74, 6) is 0.860. The van der Waals surface area contributed by atoms with Crippen LogP contribution in [0, 0.1) is 0 Å². The van der Waals surface area contributed by atoms with Gasteiger partial charge in [-0.25, -0.2) is 0 Å². The van der Waals surface area contributed by atoms with Crippen molar-refractivity contribution in [2.45, 2.75) is 19.4 Å². The standard InChI is InChI=1S/C16H19NO3/c1-3-8-17-9-14(19-2)16(18)15-11-6-4-5-7-13(11)20-10-12(15)17/h4-7,14H,3,8-10H2,1-2H3. The lowest BCUT2D eigenvalue weighted by atomic mass is 9.90. The predicted molar refractivity (Wildman–Crippen MR) is 76.5 cm³/mol. The summed E-state index contributed by atoms with van der Waals surface area (Å²) in [5, 5.41) is 0. The van der Waals surface area contributed by atoms with E-state index in [-0.39, 0.29) is 11.9 Å². The molecule has 0 saturated heterocycles. The average molecular weight is 273 g/mol. The monoisotopic (exact) mass is 273 g/mol. The normalized spacial score (nSPS) is 21.4. The van der Waals surface area contributed by atoms with Crippen LogP contribution in [0.5, 0.6) is 5.75 Å². The first-order chi connectivity index (χ1) is 9.76. The Labute approximate surface area is 119 Å². The zero-order chi connectivity index (χ0) is 14.1. The van der Waals surface area contributed by atoms with Crippen LogP contribution >= 0.6 is 0 Å². The Morgan fingerprint density at radius 2 is 2.20 bits per heavy atom. The highest BCUT2D eigenvalue weighted by Gasteiger charge is 2.37. The Kier molecular flexibility index (Phi) is 3.49. The maximum absolute atomic E-state index is 12.6. The first-order valence-electron chi connectivity index (χ1n) is 7.03. The summed E-state index contributed by atoms with van der Waals surface area (Å²) in [6.07, 6.45) is 0.648. The minimum atomic E-state index is -0.383. The quantitative estimate of drug-likeness (QED) is 0.845. The van der Waals surface area contributed by atoms with Crippen LogP contribution < -0.4 is 4.74 Å². The number of carbonyl (C=O) groups is 1. The van der Waals surface area contributed by atoms with Crippen molar-refractivity contribution < 1.29 is 14.3 Å². The lowest BCUT2D eigenvalue weighted by molar-refractivity contribution is -0.125. The van der Waals surface area contributed by atoms with Gasteiger partial charge in [0.05, 0.1) is 17.8 Å². The molecular weight excluding hydrogens is 254 g/mol. The van der Waals surface area contributed by atoms with Crippen LogP contribution in [0.4, 0.5) is 0 Å². The molecule has 2 aliphatic rings. The lowest BCUT2D eigenvalue weighted by Gasteiger charge is -2.38. The fraction of sp³-hybridized carbons (Fsp3) is 0.438. The number of ether oxygens (including phenoxy) is 2. The summed E-state index contributed by atoms with van der Waals surface area (Å²) in [6, 6.07) is 7.72. The van der Waals surface area contributed by atoms with Crippen LogP contribution in [0.1, 0.15) is 18.9 Å². The molecule has 0 fully saturated rings. The lowest BCUT2D eigenvalue weighted by Crippen LogP contribution is -2.46. The maximum atomic E-state index is 12.6. The van der Waals surface area contributed by atoms with Gasteiger partial charge in [0.25, 0.3) is 0 Å². The second-order valence-electron chi connectivity index (χ2n) is 5.14. The molecule has 4 nitrogen and oxygen atoms in total. The van der Waals surface area contributed by atoms with Crippen molar-refractivity contribution in [3.05, 3.63) is 35.5 Å². The summed E-state index contributed by atoms with van der Waals surface area (Å²) < 4.78 is 11.2. The number of methoxy groups -OCH3 is 1. The van der Waals surface area contributed by atoms with Crippen molar-refractivity contribution in [3.63, 3.8) is 0 Å². The molecule has 0 radical (unpaired) electrons. The van der Waals surface area contributed by atoms with Crippen molar-refractivity contribution in [1.29, 1.82) is 0 Å². The number of fused-ring (bicyclic) bond motifs is 2. The highest BCUT2D eigenvalue weighted by molar-refractivity contribution is 6.25. The van der Waals surface area contributed by atoms with Gasteiger partial charge in [-0.15, -0.1) is 0 Å². The Morgan fingerprint density at radius 3 is 2.95 bits per heavy atom. The van der Waals surface area contributed by atoms with Gasteiger partial charge < -0.3 is 14.4 Å². The van der Waals surface area contributed by atoms with Crippen LogP contribution in [0.2, 0.25) is 0 Å². The first kappa shape index (κ1) is 13.2. The SMILES string of the molecule is CCCN1CC(OC)C(=O)C2=C1COc1ccccc12. The van der Waals surface area contributed by atoms with Crippen LogP contribution in [-0.4, -0.2) is 43.6 Å². The molecule has 0 N–H and O–H groups in total. The van der Waals surface area contributed by atoms with E-state index < -0.39 is 0 Å². The molecule has 1 aromatic carbocycles. The largest absolute Gasteiger partial charge is 0.487 e. The summed E-state index contributed by atoms with van der Waals surface area (Å²) in [6.45, 7) is 4.13. The molecule has 0 saturated carbocycles. The molecule has 0 bridgehead atoms.